The lowest BCUT2D eigenvalue weighted by Gasteiger charge is -2.46. The molecule has 0 atom stereocenters. The molecule has 2 saturated carbocycles. The van der Waals surface area contributed by atoms with Gasteiger partial charge in [-0.25, -0.2) is 4.98 Å². The monoisotopic (exact) mass is 515 g/mol. The number of imidazole rings is 1. The van der Waals surface area contributed by atoms with Crippen LogP contribution in [0.3, 0.4) is 0 Å². The summed E-state index contributed by atoms with van der Waals surface area (Å²) in [5.74, 6) is 1.41. The highest BCUT2D eigenvalue weighted by Crippen LogP contribution is 2.51. The Labute approximate surface area is 221 Å². The van der Waals surface area contributed by atoms with E-state index in [2.05, 4.69) is 38.8 Å². The third kappa shape index (κ3) is 4.49. The zero-order valence-electron chi connectivity index (χ0n) is 22.0. The van der Waals surface area contributed by atoms with E-state index in [1.807, 2.05) is 35.9 Å². The Balaban J connectivity index is 1.25. The average molecular weight is 516 g/mol. The minimum atomic E-state index is -0.488. The van der Waals surface area contributed by atoms with Gasteiger partial charge in [0.15, 0.2) is 5.65 Å². The molecule has 0 unspecified atom stereocenters. The molecule has 1 amide bonds. The normalized spacial score (nSPS) is 21.6. The van der Waals surface area contributed by atoms with Crippen LogP contribution in [0, 0.1) is 17.8 Å². The Kier molecular flexibility index (Phi) is 6.47. The van der Waals surface area contributed by atoms with Crippen molar-refractivity contribution in [1.29, 1.82) is 0 Å². The summed E-state index contributed by atoms with van der Waals surface area (Å²) in [5, 5.41) is 15.1. The number of aromatic nitrogens is 5. The predicted molar refractivity (Wildman–Crippen MR) is 143 cm³/mol. The minimum absolute atomic E-state index is 0.226. The molecule has 6 rings (SSSR count). The number of aryl methyl sites for hydroxylation is 1. The Morgan fingerprint density at radius 2 is 2.03 bits per heavy atom. The van der Waals surface area contributed by atoms with Crippen molar-refractivity contribution in [3.05, 3.63) is 77.5 Å². The second-order valence-electron chi connectivity index (χ2n) is 11.2. The highest BCUT2D eigenvalue weighted by atomic mass is 19.1. The molecule has 198 valence electrons. The van der Waals surface area contributed by atoms with Gasteiger partial charge in [-0.05, 0) is 73.4 Å². The fourth-order valence-corrected chi connectivity index (χ4v) is 6.50. The van der Waals surface area contributed by atoms with E-state index < -0.39 is 5.95 Å². The first kappa shape index (κ1) is 24.7. The number of nitrogens with one attached hydrogen (secondary N) is 2. The van der Waals surface area contributed by atoms with Gasteiger partial charge in [-0.3, -0.25) is 9.20 Å². The molecule has 0 bridgehead atoms. The molecule has 9 heteroatoms. The van der Waals surface area contributed by atoms with Crippen LogP contribution in [0.15, 0.2) is 49.1 Å². The highest BCUT2D eigenvalue weighted by molar-refractivity contribution is 6.08. The first-order chi connectivity index (χ1) is 18.4. The molecular formula is C29H34FN7O. The molecule has 4 aromatic rings. The van der Waals surface area contributed by atoms with Gasteiger partial charge in [0.05, 0.1) is 17.2 Å². The molecule has 0 spiro atoms. The molecule has 0 saturated heterocycles. The number of nitrogens with zero attached hydrogens (tertiary/aromatic N) is 5. The summed E-state index contributed by atoms with van der Waals surface area (Å²) in [4.78, 5) is 17.7. The number of fused-ring (bicyclic) bond motifs is 1. The second-order valence-corrected chi connectivity index (χ2v) is 11.2. The van der Waals surface area contributed by atoms with E-state index in [0.29, 0.717) is 35.3 Å². The highest BCUT2D eigenvalue weighted by Gasteiger charge is 2.48. The smallest absolute Gasteiger partial charge is 0.259 e. The Hall–Kier alpha value is -3.59. The number of rotatable bonds is 8. The zero-order valence-corrected chi connectivity index (χ0v) is 22.0. The number of carbonyl (C=O) groups excluding carboxylic acids is 1. The van der Waals surface area contributed by atoms with Gasteiger partial charge in [0.1, 0.15) is 12.2 Å². The maximum absolute atomic E-state index is 14.5. The lowest BCUT2D eigenvalue weighted by Crippen LogP contribution is -2.43. The first-order valence-corrected chi connectivity index (χ1v) is 13.6. The summed E-state index contributed by atoms with van der Waals surface area (Å²) in [5.41, 5.74) is 3.06. The van der Waals surface area contributed by atoms with E-state index in [4.69, 9.17) is 0 Å². The number of hydrogen-bond donors (Lipinski definition) is 2. The van der Waals surface area contributed by atoms with Crippen LogP contribution in [0.4, 0.5) is 10.1 Å². The summed E-state index contributed by atoms with van der Waals surface area (Å²) in [6, 6.07) is 9.77. The third-order valence-corrected chi connectivity index (χ3v) is 8.31. The van der Waals surface area contributed by atoms with Gasteiger partial charge in [-0.2, -0.15) is 4.39 Å². The predicted octanol–water partition coefficient (Wildman–Crippen LogP) is 4.85. The van der Waals surface area contributed by atoms with E-state index in [1.165, 1.54) is 30.1 Å². The molecule has 8 nitrogen and oxygen atoms in total. The van der Waals surface area contributed by atoms with Gasteiger partial charge in [-0.15, -0.1) is 10.2 Å². The van der Waals surface area contributed by atoms with E-state index in [0.717, 1.165) is 42.5 Å². The largest absolute Gasteiger partial charge is 0.322 e. The number of amides is 1. The van der Waals surface area contributed by atoms with Crippen LogP contribution in [-0.4, -0.2) is 36.6 Å². The molecule has 3 aromatic heterocycles. The summed E-state index contributed by atoms with van der Waals surface area (Å²) in [6.45, 7) is 3.74. The fourth-order valence-electron chi connectivity index (χ4n) is 6.50. The Bertz CT molecular complexity index is 1460. The van der Waals surface area contributed by atoms with Crippen molar-refractivity contribution < 1.29 is 9.18 Å². The summed E-state index contributed by atoms with van der Waals surface area (Å²) >= 11 is 0. The number of benzene rings is 1. The topological polar surface area (TPSA) is 89.1 Å². The molecular weight excluding hydrogens is 481 g/mol. The molecule has 0 radical (unpaired) electrons. The molecule has 2 aliphatic carbocycles. The van der Waals surface area contributed by atoms with Crippen LogP contribution in [-0.2, 0) is 19.0 Å². The van der Waals surface area contributed by atoms with Gasteiger partial charge in [0.2, 0.25) is 5.95 Å². The van der Waals surface area contributed by atoms with Crippen LogP contribution in [0.2, 0.25) is 0 Å². The standard InChI is InChI=1S/C29H34FN7O/c1-19-12-29(13-19,28-35-33-18-36(28)2)22-8-5-9-23(11-22)34-27(38)24-10-21(15-31-14-20-6-3-4-7-20)17-37-25(30)16-32-26(24)37/h5,8-11,16-20,31H,3-4,6-7,12-15H2,1-2H3,(H,34,38). The van der Waals surface area contributed by atoms with E-state index in [1.54, 1.807) is 12.5 Å². The van der Waals surface area contributed by atoms with Crippen molar-refractivity contribution in [2.45, 2.75) is 57.4 Å². The molecule has 1 aromatic carbocycles. The zero-order chi connectivity index (χ0) is 26.3. The molecule has 2 N–H and O–H groups in total. The van der Waals surface area contributed by atoms with Crippen molar-refractivity contribution >= 4 is 17.2 Å². The van der Waals surface area contributed by atoms with Gasteiger partial charge >= 0.3 is 0 Å². The molecule has 0 aliphatic heterocycles. The SMILES string of the molecule is CC1CC(c2cccc(NC(=O)c3cc(CNCC4CCCC4)cn4c(F)cnc34)c2)(c2nncn2C)C1. The van der Waals surface area contributed by atoms with Crippen LogP contribution in [0.1, 0.15) is 72.8 Å². The maximum Gasteiger partial charge on any atom is 0.259 e. The Morgan fingerprint density at radius 3 is 2.76 bits per heavy atom. The molecule has 2 fully saturated rings. The number of anilines is 1. The van der Waals surface area contributed by atoms with E-state index in [-0.39, 0.29) is 11.3 Å². The van der Waals surface area contributed by atoms with Gasteiger partial charge in [-0.1, -0.05) is 31.9 Å². The molecule has 2 aliphatic rings. The summed E-state index contributed by atoms with van der Waals surface area (Å²) in [7, 11) is 1.97. The van der Waals surface area contributed by atoms with Crippen molar-refractivity contribution in [2.24, 2.45) is 18.9 Å². The quantitative estimate of drug-likeness (QED) is 0.350. The summed E-state index contributed by atoms with van der Waals surface area (Å²) < 4.78 is 17.9. The van der Waals surface area contributed by atoms with Crippen molar-refractivity contribution in [2.75, 3.05) is 11.9 Å². The number of pyridine rings is 1. The second kappa shape index (κ2) is 9.94. The fraction of sp³-hybridized carbons (Fsp3) is 0.448. The number of carbonyl (C=O) groups is 1. The lowest BCUT2D eigenvalue weighted by molar-refractivity contribution is 0.102. The third-order valence-electron chi connectivity index (χ3n) is 8.31. The van der Waals surface area contributed by atoms with Crippen molar-refractivity contribution in [3.8, 4) is 0 Å². The van der Waals surface area contributed by atoms with Gasteiger partial charge in [0.25, 0.3) is 5.91 Å². The maximum atomic E-state index is 14.5. The average Bonchev–Trinajstić information content (AvgIpc) is 3.64. The van der Waals surface area contributed by atoms with Crippen molar-refractivity contribution in [3.63, 3.8) is 0 Å². The van der Waals surface area contributed by atoms with Crippen molar-refractivity contribution in [1.82, 2.24) is 29.5 Å². The first-order valence-electron chi connectivity index (χ1n) is 13.6. The molecule has 3 heterocycles. The van der Waals surface area contributed by atoms with E-state index in [9.17, 15) is 9.18 Å². The van der Waals surface area contributed by atoms with E-state index >= 15 is 0 Å². The van der Waals surface area contributed by atoms with Gasteiger partial charge < -0.3 is 15.2 Å². The minimum Gasteiger partial charge on any atom is -0.322 e. The molecule has 38 heavy (non-hydrogen) atoms. The van der Waals surface area contributed by atoms with Crippen LogP contribution in [0.5, 0.6) is 0 Å². The van der Waals surface area contributed by atoms with Crippen LogP contribution >= 0.6 is 0 Å². The van der Waals surface area contributed by atoms with Crippen LogP contribution in [0.25, 0.3) is 5.65 Å². The summed E-state index contributed by atoms with van der Waals surface area (Å²) in [6.07, 6.45) is 11.7. The Morgan fingerprint density at radius 1 is 1.21 bits per heavy atom. The number of hydrogen-bond acceptors (Lipinski definition) is 5. The van der Waals surface area contributed by atoms with Gasteiger partial charge in [0, 0.05) is 25.5 Å². The number of halogens is 1. The van der Waals surface area contributed by atoms with Crippen LogP contribution < -0.4 is 10.6 Å². The lowest BCUT2D eigenvalue weighted by atomic mass is 9.58.